The van der Waals surface area contributed by atoms with Crippen molar-refractivity contribution in [3.63, 3.8) is 0 Å². The van der Waals surface area contributed by atoms with E-state index in [9.17, 15) is 4.79 Å². The van der Waals surface area contributed by atoms with Crippen LogP contribution in [0, 0.1) is 0 Å². The van der Waals surface area contributed by atoms with Crippen molar-refractivity contribution < 1.29 is 14.8 Å². The Morgan fingerprint density at radius 3 is 1.67 bits per heavy atom. The van der Waals surface area contributed by atoms with Gasteiger partial charge in [-0.1, -0.05) is 20.3 Å². The highest BCUT2D eigenvalue weighted by Gasteiger charge is 2.11. The smallest absolute Gasteiger partial charge is 0.359 e. The van der Waals surface area contributed by atoms with Gasteiger partial charge in [0.25, 0.3) is 0 Å². The second-order valence-corrected chi connectivity index (χ2v) is 4.52. The van der Waals surface area contributed by atoms with Crippen LogP contribution in [0.2, 0.25) is 0 Å². The Balaban J connectivity index is 0. The van der Waals surface area contributed by atoms with E-state index in [1.54, 1.807) is 0 Å². The zero-order valence-electron chi connectivity index (χ0n) is 12.1. The summed E-state index contributed by atoms with van der Waals surface area (Å²) in [6.07, 6.45) is 5.20. The molecule has 5 heteroatoms. The number of hydrogen-bond donors (Lipinski definition) is 4. The van der Waals surface area contributed by atoms with Gasteiger partial charge in [0, 0.05) is 0 Å². The van der Waals surface area contributed by atoms with Gasteiger partial charge in [-0.2, -0.15) is 0 Å². The molecule has 0 aromatic heterocycles. The standard InChI is InChI=1S/C10H23N3O2.C3H8/c11-5-1-3-7-13(9-10(14)15)8-4-2-6-12;1-3-2/h1-9,11-12H2,(H,14,15);3H2,1-2H3/p+1. The van der Waals surface area contributed by atoms with Gasteiger partial charge in [0.2, 0.25) is 0 Å². The molecule has 0 spiro atoms. The fourth-order valence-corrected chi connectivity index (χ4v) is 1.55. The number of carbonyl (C=O) groups is 1. The van der Waals surface area contributed by atoms with Crippen LogP contribution in [0.1, 0.15) is 46.0 Å². The molecule has 5 nitrogen and oxygen atoms in total. The number of rotatable bonds is 10. The van der Waals surface area contributed by atoms with E-state index in [0.717, 1.165) is 43.7 Å². The highest BCUT2D eigenvalue weighted by molar-refractivity contribution is 5.67. The zero-order chi connectivity index (χ0) is 14.2. The zero-order valence-corrected chi connectivity index (χ0v) is 12.1. The monoisotopic (exact) mass is 262 g/mol. The van der Waals surface area contributed by atoms with E-state index in [-0.39, 0.29) is 6.54 Å². The van der Waals surface area contributed by atoms with Crippen molar-refractivity contribution in [1.29, 1.82) is 0 Å². The first-order chi connectivity index (χ1) is 8.62. The Labute approximate surface area is 112 Å². The number of unbranched alkanes of at least 4 members (excludes halogenated alkanes) is 2. The van der Waals surface area contributed by atoms with Crippen molar-refractivity contribution in [3.8, 4) is 0 Å². The fraction of sp³-hybridized carbons (Fsp3) is 0.923. The molecule has 0 heterocycles. The molecule has 18 heavy (non-hydrogen) atoms. The van der Waals surface area contributed by atoms with Crippen molar-refractivity contribution >= 4 is 5.97 Å². The van der Waals surface area contributed by atoms with Crippen LogP contribution in [0.3, 0.4) is 0 Å². The minimum atomic E-state index is -0.731. The third-order valence-corrected chi connectivity index (χ3v) is 2.37. The maximum absolute atomic E-state index is 10.6. The van der Waals surface area contributed by atoms with Crippen LogP contribution in [0.15, 0.2) is 0 Å². The van der Waals surface area contributed by atoms with Crippen LogP contribution in [0.5, 0.6) is 0 Å². The molecule has 0 aromatic rings. The van der Waals surface area contributed by atoms with Crippen molar-refractivity contribution in [2.24, 2.45) is 11.5 Å². The number of carboxylic acids is 1. The third kappa shape index (κ3) is 17.7. The molecule has 0 saturated carbocycles. The van der Waals surface area contributed by atoms with E-state index in [0.29, 0.717) is 13.1 Å². The van der Waals surface area contributed by atoms with E-state index < -0.39 is 5.97 Å². The minimum absolute atomic E-state index is 0.204. The van der Waals surface area contributed by atoms with Gasteiger partial charge in [0.05, 0.1) is 13.1 Å². The predicted molar refractivity (Wildman–Crippen MR) is 75.7 cm³/mol. The molecular formula is C13H32N3O2+. The molecule has 0 amide bonds. The van der Waals surface area contributed by atoms with Gasteiger partial charge in [-0.15, -0.1) is 0 Å². The summed E-state index contributed by atoms with van der Waals surface area (Å²) in [5, 5.41) is 8.73. The summed E-state index contributed by atoms with van der Waals surface area (Å²) >= 11 is 0. The Morgan fingerprint density at radius 1 is 1.00 bits per heavy atom. The maximum Gasteiger partial charge on any atom is 0.359 e. The molecule has 0 aromatic carbocycles. The van der Waals surface area contributed by atoms with E-state index in [1.165, 1.54) is 6.42 Å². The van der Waals surface area contributed by atoms with E-state index >= 15 is 0 Å². The first-order valence-corrected chi connectivity index (χ1v) is 7.07. The first kappa shape index (κ1) is 19.7. The summed E-state index contributed by atoms with van der Waals surface area (Å²) in [5.74, 6) is -0.731. The van der Waals surface area contributed by atoms with Gasteiger partial charge in [-0.25, -0.2) is 4.79 Å². The van der Waals surface area contributed by atoms with Crippen molar-refractivity contribution in [2.45, 2.75) is 46.0 Å². The second-order valence-electron chi connectivity index (χ2n) is 4.52. The van der Waals surface area contributed by atoms with Crippen LogP contribution in [-0.4, -0.2) is 43.8 Å². The highest BCUT2D eigenvalue weighted by atomic mass is 16.4. The predicted octanol–water partition coefficient (Wildman–Crippen LogP) is -0.150. The van der Waals surface area contributed by atoms with E-state index in [4.69, 9.17) is 16.6 Å². The second kappa shape index (κ2) is 16.4. The van der Waals surface area contributed by atoms with Gasteiger partial charge < -0.3 is 21.5 Å². The minimum Gasteiger partial charge on any atom is -0.477 e. The van der Waals surface area contributed by atoms with Crippen LogP contribution in [0.4, 0.5) is 0 Å². The van der Waals surface area contributed by atoms with Crippen LogP contribution in [-0.2, 0) is 4.79 Å². The molecule has 0 aliphatic heterocycles. The molecule has 0 saturated heterocycles. The Hall–Kier alpha value is -0.650. The summed E-state index contributed by atoms with van der Waals surface area (Å²) in [6.45, 7) is 7.61. The lowest BCUT2D eigenvalue weighted by Gasteiger charge is -2.17. The number of aliphatic carboxylic acids is 1. The number of nitrogens with one attached hydrogen (secondary N) is 1. The van der Waals surface area contributed by atoms with Gasteiger partial charge in [0.1, 0.15) is 0 Å². The Bertz CT molecular complexity index is 168. The average Bonchev–Trinajstić information content (AvgIpc) is 2.29. The number of carboxylic acid groups (broad SMARTS) is 1. The molecule has 0 rings (SSSR count). The quantitative estimate of drug-likeness (QED) is 0.412. The molecular weight excluding hydrogens is 230 g/mol. The maximum atomic E-state index is 10.6. The summed E-state index contributed by atoms with van der Waals surface area (Å²) in [7, 11) is 0. The van der Waals surface area contributed by atoms with E-state index in [2.05, 4.69) is 13.8 Å². The molecule has 0 fully saturated rings. The topological polar surface area (TPSA) is 93.8 Å². The largest absolute Gasteiger partial charge is 0.477 e. The van der Waals surface area contributed by atoms with Gasteiger partial charge in [-0.05, 0) is 38.8 Å². The molecule has 0 bridgehead atoms. The molecule has 110 valence electrons. The fourth-order valence-electron chi connectivity index (χ4n) is 1.55. The third-order valence-electron chi connectivity index (χ3n) is 2.37. The lowest BCUT2D eigenvalue weighted by molar-refractivity contribution is -0.893. The van der Waals surface area contributed by atoms with Crippen molar-refractivity contribution in [3.05, 3.63) is 0 Å². The molecule has 0 radical (unpaired) electrons. The van der Waals surface area contributed by atoms with Crippen molar-refractivity contribution in [1.82, 2.24) is 0 Å². The van der Waals surface area contributed by atoms with Crippen LogP contribution in [0.25, 0.3) is 0 Å². The number of quaternary nitrogens is 1. The Morgan fingerprint density at radius 2 is 1.39 bits per heavy atom. The number of hydrogen-bond acceptors (Lipinski definition) is 3. The molecule has 6 N–H and O–H groups in total. The normalized spacial score (nSPS) is 10.1. The molecule has 0 aliphatic rings. The number of nitrogens with two attached hydrogens (primary N) is 2. The lowest BCUT2D eigenvalue weighted by Crippen LogP contribution is -3.13. The first-order valence-electron chi connectivity index (χ1n) is 7.07. The summed E-state index contributed by atoms with van der Waals surface area (Å²) < 4.78 is 0. The van der Waals surface area contributed by atoms with Gasteiger partial charge in [-0.3, -0.25) is 0 Å². The van der Waals surface area contributed by atoms with Gasteiger partial charge in [0.15, 0.2) is 6.54 Å². The van der Waals surface area contributed by atoms with Crippen LogP contribution < -0.4 is 16.4 Å². The van der Waals surface area contributed by atoms with E-state index in [1.807, 2.05) is 0 Å². The van der Waals surface area contributed by atoms with Crippen LogP contribution >= 0.6 is 0 Å². The highest BCUT2D eigenvalue weighted by Crippen LogP contribution is 1.83. The molecule has 0 atom stereocenters. The summed E-state index contributed by atoms with van der Waals surface area (Å²) in [5.41, 5.74) is 10.8. The molecule has 0 aliphatic carbocycles. The van der Waals surface area contributed by atoms with Crippen molar-refractivity contribution in [2.75, 3.05) is 32.7 Å². The SMILES string of the molecule is CCC.NCCCC[NH+](CCCCN)CC(=O)O. The average molecular weight is 262 g/mol. The molecule has 0 unspecified atom stereocenters. The lowest BCUT2D eigenvalue weighted by atomic mass is 10.2. The summed E-state index contributed by atoms with van der Waals surface area (Å²) in [6, 6.07) is 0. The summed E-state index contributed by atoms with van der Waals surface area (Å²) in [4.78, 5) is 11.7. The Kier molecular flexibility index (Phi) is 17.9. The van der Waals surface area contributed by atoms with Gasteiger partial charge >= 0.3 is 5.97 Å².